The van der Waals surface area contributed by atoms with Gasteiger partial charge in [-0.2, -0.15) is 0 Å². The molecule has 3 aromatic rings. The molecule has 0 radical (unpaired) electrons. The van der Waals surface area contributed by atoms with Crippen molar-refractivity contribution in [2.45, 2.75) is 26.4 Å². The van der Waals surface area contributed by atoms with Crippen LogP contribution in [0.1, 0.15) is 22.5 Å². The van der Waals surface area contributed by atoms with Crippen molar-refractivity contribution in [1.29, 1.82) is 0 Å². The van der Waals surface area contributed by atoms with Gasteiger partial charge in [0.25, 0.3) is 0 Å². The summed E-state index contributed by atoms with van der Waals surface area (Å²) in [6.07, 6.45) is 4.76. The molecule has 0 bridgehead atoms. The van der Waals surface area contributed by atoms with Crippen molar-refractivity contribution in [2.24, 2.45) is 4.99 Å². The summed E-state index contributed by atoms with van der Waals surface area (Å²) in [7, 11) is 3.88. The summed E-state index contributed by atoms with van der Waals surface area (Å²) in [5, 5.41) is 3.45. The molecule has 0 unspecified atom stereocenters. The van der Waals surface area contributed by atoms with Gasteiger partial charge in [0.05, 0.1) is 0 Å². The Morgan fingerprint density at radius 1 is 1.07 bits per heavy atom. The van der Waals surface area contributed by atoms with E-state index in [9.17, 15) is 0 Å². The predicted octanol–water partition coefficient (Wildman–Crippen LogP) is 3.49. The largest absolute Gasteiger partial charge is 0.356 e. The maximum absolute atomic E-state index is 4.53. The van der Waals surface area contributed by atoms with Crippen LogP contribution >= 0.6 is 0 Å². The van der Waals surface area contributed by atoms with E-state index in [1.54, 1.807) is 0 Å². The van der Waals surface area contributed by atoms with Crippen LogP contribution in [-0.2, 0) is 19.5 Å². The van der Waals surface area contributed by atoms with Crippen LogP contribution < -0.4 is 5.32 Å². The maximum atomic E-state index is 4.53. The van der Waals surface area contributed by atoms with Crippen LogP contribution in [0.5, 0.6) is 0 Å². The Morgan fingerprint density at radius 2 is 1.82 bits per heavy atom. The molecule has 0 saturated carbocycles. The third-order valence-electron chi connectivity index (χ3n) is 4.74. The lowest BCUT2D eigenvalue weighted by Gasteiger charge is -2.22. The fourth-order valence-electron chi connectivity index (χ4n) is 3.21. The van der Waals surface area contributed by atoms with Crippen LogP contribution in [0.15, 0.2) is 72.0 Å². The van der Waals surface area contributed by atoms with Crippen molar-refractivity contribution in [3.8, 4) is 0 Å². The van der Waals surface area contributed by atoms with E-state index in [4.69, 9.17) is 0 Å². The summed E-state index contributed by atoms with van der Waals surface area (Å²) >= 11 is 0. The first-order valence-electron chi connectivity index (χ1n) is 9.67. The summed E-state index contributed by atoms with van der Waals surface area (Å²) in [5.74, 6) is 1.97. The van der Waals surface area contributed by atoms with E-state index in [1.165, 1.54) is 16.7 Å². The Balaban J connectivity index is 1.52. The van der Waals surface area contributed by atoms with Crippen LogP contribution in [0.2, 0.25) is 0 Å². The highest BCUT2D eigenvalue weighted by atomic mass is 15.3. The molecule has 0 aliphatic heterocycles. The molecular formula is C23H29N5. The second-order valence-corrected chi connectivity index (χ2v) is 7.02. The number of hydrogen-bond acceptors (Lipinski definition) is 2. The molecule has 0 atom stereocenters. The summed E-state index contributed by atoms with van der Waals surface area (Å²) in [6, 6.07) is 19.1. The summed E-state index contributed by atoms with van der Waals surface area (Å²) in [5.41, 5.74) is 3.83. The second-order valence-electron chi connectivity index (χ2n) is 7.02. The van der Waals surface area contributed by atoms with E-state index in [0.29, 0.717) is 0 Å². The first-order valence-corrected chi connectivity index (χ1v) is 9.67. The molecular weight excluding hydrogens is 346 g/mol. The van der Waals surface area contributed by atoms with Gasteiger partial charge >= 0.3 is 0 Å². The van der Waals surface area contributed by atoms with Gasteiger partial charge in [0.15, 0.2) is 5.96 Å². The summed E-state index contributed by atoms with van der Waals surface area (Å²) in [6.45, 7) is 4.56. The Bertz CT molecular complexity index is 881. The molecule has 1 heterocycles. The van der Waals surface area contributed by atoms with E-state index in [-0.39, 0.29) is 0 Å². The van der Waals surface area contributed by atoms with Crippen molar-refractivity contribution in [1.82, 2.24) is 19.8 Å². The average molecular weight is 376 g/mol. The maximum Gasteiger partial charge on any atom is 0.193 e. The van der Waals surface area contributed by atoms with E-state index in [0.717, 1.165) is 37.8 Å². The zero-order chi connectivity index (χ0) is 19.8. The highest BCUT2D eigenvalue weighted by Gasteiger charge is 2.08. The fraction of sp³-hybridized carbons (Fsp3) is 0.304. The van der Waals surface area contributed by atoms with Crippen molar-refractivity contribution < 1.29 is 0 Å². The molecule has 0 aliphatic carbocycles. The average Bonchev–Trinajstić information content (AvgIpc) is 3.14. The minimum Gasteiger partial charge on any atom is -0.356 e. The molecule has 28 heavy (non-hydrogen) atoms. The number of aromatic nitrogens is 2. The van der Waals surface area contributed by atoms with Crippen molar-refractivity contribution >= 4 is 5.96 Å². The number of nitrogens with zero attached hydrogens (tertiary/aromatic N) is 4. The van der Waals surface area contributed by atoms with Gasteiger partial charge in [0.2, 0.25) is 0 Å². The monoisotopic (exact) mass is 375 g/mol. The minimum atomic E-state index is 0.788. The zero-order valence-electron chi connectivity index (χ0n) is 17.0. The topological polar surface area (TPSA) is 45.5 Å². The standard InChI is InChI=1S/C23H29N5/c1-19-9-11-21(12-10-19)17-27(3)23(24-2)26-14-13-22-25-15-16-28(22)18-20-7-5-4-6-8-20/h4-12,15-16H,13-14,17-18H2,1-3H3,(H,24,26). The molecule has 0 aliphatic rings. The van der Waals surface area contributed by atoms with Crippen molar-refractivity contribution in [3.05, 3.63) is 89.5 Å². The number of hydrogen-bond donors (Lipinski definition) is 1. The number of aryl methyl sites for hydroxylation is 1. The quantitative estimate of drug-likeness (QED) is 0.508. The first-order chi connectivity index (χ1) is 13.7. The Kier molecular flexibility index (Phi) is 6.84. The number of guanidine groups is 1. The summed E-state index contributed by atoms with van der Waals surface area (Å²) in [4.78, 5) is 11.1. The highest BCUT2D eigenvalue weighted by Crippen LogP contribution is 2.07. The second kappa shape index (κ2) is 9.74. The Labute approximate surface area is 167 Å². The fourth-order valence-corrected chi connectivity index (χ4v) is 3.21. The molecule has 0 saturated heterocycles. The molecule has 0 amide bonds. The molecule has 1 N–H and O–H groups in total. The third kappa shape index (κ3) is 5.46. The van der Waals surface area contributed by atoms with E-state index in [2.05, 4.69) is 87.3 Å². The Hall–Kier alpha value is -3.08. The van der Waals surface area contributed by atoms with E-state index >= 15 is 0 Å². The van der Waals surface area contributed by atoms with Crippen molar-refractivity contribution in [3.63, 3.8) is 0 Å². The highest BCUT2D eigenvalue weighted by molar-refractivity contribution is 5.79. The predicted molar refractivity (Wildman–Crippen MR) is 115 cm³/mol. The minimum absolute atomic E-state index is 0.788. The molecule has 1 aromatic heterocycles. The summed E-state index contributed by atoms with van der Waals surface area (Å²) < 4.78 is 2.20. The third-order valence-corrected chi connectivity index (χ3v) is 4.74. The molecule has 0 fully saturated rings. The van der Waals surface area contributed by atoms with Gasteiger partial charge in [-0.15, -0.1) is 0 Å². The van der Waals surface area contributed by atoms with Crippen LogP contribution in [0.3, 0.4) is 0 Å². The number of aliphatic imine (C=N–C) groups is 1. The SMILES string of the molecule is CN=C(NCCc1nccn1Cc1ccccc1)N(C)Cc1ccc(C)cc1. The molecule has 3 rings (SSSR count). The van der Waals surface area contributed by atoms with Gasteiger partial charge in [-0.3, -0.25) is 4.99 Å². The van der Waals surface area contributed by atoms with E-state index < -0.39 is 0 Å². The van der Waals surface area contributed by atoms with Gasteiger partial charge in [-0.1, -0.05) is 60.2 Å². The molecule has 0 spiro atoms. The van der Waals surface area contributed by atoms with Crippen LogP contribution in [0, 0.1) is 6.92 Å². The number of rotatable bonds is 7. The number of benzene rings is 2. The van der Waals surface area contributed by atoms with Gasteiger partial charge in [0.1, 0.15) is 5.82 Å². The first kappa shape index (κ1) is 19.7. The van der Waals surface area contributed by atoms with Crippen LogP contribution in [-0.4, -0.2) is 41.1 Å². The van der Waals surface area contributed by atoms with E-state index in [1.807, 2.05) is 25.5 Å². The Morgan fingerprint density at radius 3 is 2.54 bits per heavy atom. The zero-order valence-corrected chi connectivity index (χ0v) is 17.0. The number of imidazole rings is 1. The van der Waals surface area contributed by atoms with Gasteiger partial charge in [-0.05, 0) is 18.1 Å². The van der Waals surface area contributed by atoms with Gasteiger partial charge in [0, 0.05) is 52.5 Å². The molecule has 2 aromatic carbocycles. The molecule has 146 valence electrons. The number of nitrogens with one attached hydrogen (secondary N) is 1. The lowest BCUT2D eigenvalue weighted by molar-refractivity contribution is 0.476. The molecule has 5 nitrogen and oxygen atoms in total. The lowest BCUT2D eigenvalue weighted by Crippen LogP contribution is -2.39. The smallest absolute Gasteiger partial charge is 0.193 e. The van der Waals surface area contributed by atoms with Crippen LogP contribution in [0.4, 0.5) is 0 Å². The van der Waals surface area contributed by atoms with Crippen molar-refractivity contribution in [2.75, 3.05) is 20.6 Å². The molecule has 5 heteroatoms. The van der Waals surface area contributed by atoms with Gasteiger partial charge < -0.3 is 14.8 Å². The normalized spacial score (nSPS) is 11.5. The van der Waals surface area contributed by atoms with Crippen LogP contribution in [0.25, 0.3) is 0 Å². The van der Waals surface area contributed by atoms with Gasteiger partial charge in [-0.25, -0.2) is 4.98 Å². The lowest BCUT2D eigenvalue weighted by atomic mass is 10.1.